The highest BCUT2D eigenvalue weighted by Crippen LogP contribution is 2.25. The SMILES string of the molecule is CCCc1ccc(N2C[C@@H]3CNCCN3C2=O)cc1. The second-order valence-electron chi connectivity index (χ2n) is 5.36. The number of benzene rings is 1. The van der Waals surface area contributed by atoms with E-state index in [9.17, 15) is 4.79 Å². The van der Waals surface area contributed by atoms with Crippen molar-refractivity contribution in [2.45, 2.75) is 25.8 Å². The summed E-state index contributed by atoms with van der Waals surface area (Å²) >= 11 is 0. The van der Waals surface area contributed by atoms with Crippen LogP contribution in [0.3, 0.4) is 0 Å². The number of piperazine rings is 1. The molecule has 1 aromatic carbocycles. The molecule has 2 aliphatic heterocycles. The number of carbonyl (C=O) groups is 1. The van der Waals surface area contributed by atoms with Crippen molar-refractivity contribution in [3.63, 3.8) is 0 Å². The lowest BCUT2D eigenvalue weighted by molar-refractivity contribution is 0.193. The standard InChI is InChI=1S/C15H21N3O/c1-2-3-12-4-6-13(7-5-12)18-11-14-10-16-8-9-17(14)15(18)19/h4-7,14,16H,2-3,8-11H2,1H3/t14-/m0/s1. The molecule has 4 heteroatoms. The first-order valence-corrected chi connectivity index (χ1v) is 7.17. The number of hydrogen-bond donors (Lipinski definition) is 1. The molecule has 3 rings (SSSR count). The van der Waals surface area contributed by atoms with Gasteiger partial charge in [-0.15, -0.1) is 0 Å². The minimum Gasteiger partial charge on any atom is -0.317 e. The summed E-state index contributed by atoms with van der Waals surface area (Å²) < 4.78 is 0. The van der Waals surface area contributed by atoms with Crippen LogP contribution in [0.4, 0.5) is 10.5 Å². The van der Waals surface area contributed by atoms with Gasteiger partial charge in [-0.1, -0.05) is 25.5 Å². The van der Waals surface area contributed by atoms with Crippen LogP contribution in [0, 0.1) is 0 Å². The van der Waals surface area contributed by atoms with Crippen molar-refractivity contribution < 1.29 is 4.79 Å². The van der Waals surface area contributed by atoms with Crippen molar-refractivity contribution in [2.24, 2.45) is 0 Å². The van der Waals surface area contributed by atoms with E-state index in [1.807, 2.05) is 9.80 Å². The Morgan fingerprint density at radius 1 is 1.32 bits per heavy atom. The number of nitrogens with one attached hydrogen (secondary N) is 1. The van der Waals surface area contributed by atoms with E-state index >= 15 is 0 Å². The predicted molar refractivity (Wildman–Crippen MR) is 76.5 cm³/mol. The van der Waals surface area contributed by atoms with E-state index < -0.39 is 0 Å². The van der Waals surface area contributed by atoms with Gasteiger partial charge in [-0.05, 0) is 24.1 Å². The van der Waals surface area contributed by atoms with Crippen LogP contribution in [0.1, 0.15) is 18.9 Å². The molecule has 0 bridgehead atoms. The third-order valence-corrected chi connectivity index (χ3v) is 4.01. The number of urea groups is 1. The second-order valence-corrected chi connectivity index (χ2v) is 5.36. The minimum absolute atomic E-state index is 0.162. The third kappa shape index (κ3) is 2.32. The molecule has 0 unspecified atom stereocenters. The third-order valence-electron chi connectivity index (χ3n) is 4.01. The van der Waals surface area contributed by atoms with E-state index in [1.54, 1.807) is 0 Å². The molecular weight excluding hydrogens is 238 g/mol. The van der Waals surface area contributed by atoms with Crippen molar-refractivity contribution in [2.75, 3.05) is 31.1 Å². The summed E-state index contributed by atoms with van der Waals surface area (Å²) in [5.74, 6) is 0. The number of anilines is 1. The van der Waals surface area contributed by atoms with E-state index in [0.717, 1.165) is 44.7 Å². The van der Waals surface area contributed by atoms with Crippen LogP contribution in [0.5, 0.6) is 0 Å². The van der Waals surface area contributed by atoms with Crippen molar-refractivity contribution >= 4 is 11.7 Å². The van der Waals surface area contributed by atoms with Crippen LogP contribution in [0.25, 0.3) is 0 Å². The minimum atomic E-state index is 0.162. The van der Waals surface area contributed by atoms with Gasteiger partial charge in [-0.3, -0.25) is 4.90 Å². The Bertz CT molecular complexity index is 457. The molecule has 2 fully saturated rings. The van der Waals surface area contributed by atoms with Crippen LogP contribution >= 0.6 is 0 Å². The molecule has 0 spiro atoms. The molecule has 102 valence electrons. The average Bonchev–Trinajstić information content (AvgIpc) is 2.78. The highest BCUT2D eigenvalue weighted by molar-refractivity contribution is 5.94. The lowest BCUT2D eigenvalue weighted by Crippen LogP contribution is -2.49. The van der Waals surface area contributed by atoms with Crippen molar-refractivity contribution in [3.8, 4) is 0 Å². The first kappa shape index (κ1) is 12.5. The lowest BCUT2D eigenvalue weighted by Gasteiger charge is -2.28. The number of rotatable bonds is 3. The number of amides is 2. The first-order valence-electron chi connectivity index (χ1n) is 7.17. The summed E-state index contributed by atoms with van der Waals surface area (Å²) in [6, 6.07) is 8.93. The Labute approximate surface area is 114 Å². The fourth-order valence-electron chi connectivity index (χ4n) is 2.97. The van der Waals surface area contributed by atoms with Gasteiger partial charge in [0, 0.05) is 31.9 Å². The largest absolute Gasteiger partial charge is 0.324 e. The highest BCUT2D eigenvalue weighted by atomic mass is 16.2. The molecule has 0 aromatic heterocycles. The van der Waals surface area contributed by atoms with Gasteiger partial charge in [-0.2, -0.15) is 0 Å². The van der Waals surface area contributed by atoms with Crippen molar-refractivity contribution in [1.29, 1.82) is 0 Å². The van der Waals surface area contributed by atoms with E-state index in [1.165, 1.54) is 5.56 Å². The molecular formula is C15H21N3O. The van der Waals surface area contributed by atoms with Gasteiger partial charge in [0.15, 0.2) is 0 Å². The molecule has 2 amide bonds. The zero-order chi connectivity index (χ0) is 13.2. The maximum absolute atomic E-state index is 12.4. The number of fused-ring (bicyclic) bond motifs is 1. The average molecular weight is 259 g/mol. The van der Waals surface area contributed by atoms with Crippen molar-refractivity contribution in [3.05, 3.63) is 29.8 Å². The second kappa shape index (κ2) is 5.21. The monoisotopic (exact) mass is 259 g/mol. The number of carbonyl (C=O) groups excluding carboxylic acids is 1. The Kier molecular flexibility index (Phi) is 3.42. The Morgan fingerprint density at radius 2 is 2.11 bits per heavy atom. The first-order chi connectivity index (χ1) is 9.29. The topological polar surface area (TPSA) is 35.6 Å². The van der Waals surface area contributed by atoms with Gasteiger partial charge in [0.05, 0.1) is 6.04 Å². The summed E-state index contributed by atoms with van der Waals surface area (Å²) in [6.07, 6.45) is 2.26. The Hall–Kier alpha value is -1.55. The van der Waals surface area contributed by atoms with Gasteiger partial charge < -0.3 is 10.2 Å². The van der Waals surface area contributed by atoms with Crippen LogP contribution in [-0.4, -0.2) is 43.2 Å². The van der Waals surface area contributed by atoms with E-state index in [-0.39, 0.29) is 6.03 Å². The predicted octanol–water partition coefficient (Wildman–Crippen LogP) is 1.85. The molecule has 1 aromatic rings. The van der Waals surface area contributed by atoms with Crippen molar-refractivity contribution in [1.82, 2.24) is 10.2 Å². The number of hydrogen-bond acceptors (Lipinski definition) is 2. The van der Waals surface area contributed by atoms with Gasteiger partial charge in [-0.25, -0.2) is 4.79 Å². The van der Waals surface area contributed by atoms with E-state index in [4.69, 9.17) is 0 Å². The molecule has 2 saturated heterocycles. The van der Waals surface area contributed by atoms with E-state index in [2.05, 4.69) is 36.5 Å². The van der Waals surface area contributed by atoms with Gasteiger partial charge in [0.25, 0.3) is 0 Å². The van der Waals surface area contributed by atoms with Gasteiger partial charge >= 0.3 is 6.03 Å². The molecule has 2 aliphatic rings. The highest BCUT2D eigenvalue weighted by Gasteiger charge is 2.38. The maximum atomic E-state index is 12.4. The lowest BCUT2D eigenvalue weighted by atomic mass is 10.1. The zero-order valence-electron chi connectivity index (χ0n) is 11.4. The quantitative estimate of drug-likeness (QED) is 0.899. The smallest absolute Gasteiger partial charge is 0.317 e. The fourth-order valence-corrected chi connectivity index (χ4v) is 2.97. The molecule has 0 aliphatic carbocycles. The normalized spacial score (nSPS) is 22.8. The summed E-state index contributed by atoms with van der Waals surface area (Å²) in [7, 11) is 0. The summed E-state index contributed by atoms with van der Waals surface area (Å²) in [4.78, 5) is 16.3. The van der Waals surface area contributed by atoms with Gasteiger partial charge in [0.2, 0.25) is 0 Å². The van der Waals surface area contributed by atoms with E-state index in [0.29, 0.717) is 6.04 Å². The van der Waals surface area contributed by atoms with Crippen LogP contribution in [0.2, 0.25) is 0 Å². The zero-order valence-corrected chi connectivity index (χ0v) is 11.4. The Morgan fingerprint density at radius 3 is 2.79 bits per heavy atom. The molecule has 19 heavy (non-hydrogen) atoms. The van der Waals surface area contributed by atoms with Gasteiger partial charge in [0.1, 0.15) is 0 Å². The summed E-state index contributed by atoms with van der Waals surface area (Å²) in [5.41, 5.74) is 2.37. The molecule has 2 heterocycles. The summed E-state index contributed by atoms with van der Waals surface area (Å²) in [6.45, 7) is 5.64. The van der Waals surface area contributed by atoms with Crippen LogP contribution in [-0.2, 0) is 6.42 Å². The fraction of sp³-hybridized carbons (Fsp3) is 0.533. The van der Waals surface area contributed by atoms with Crippen LogP contribution in [0.15, 0.2) is 24.3 Å². The molecule has 0 saturated carbocycles. The number of aryl methyl sites for hydroxylation is 1. The summed E-state index contributed by atoms with van der Waals surface area (Å²) in [5, 5.41) is 3.35. The molecule has 1 atom stereocenters. The maximum Gasteiger partial charge on any atom is 0.324 e. The van der Waals surface area contributed by atoms with Crippen LogP contribution < -0.4 is 10.2 Å². The Balaban J connectivity index is 1.76. The number of nitrogens with zero attached hydrogens (tertiary/aromatic N) is 2. The molecule has 4 nitrogen and oxygen atoms in total. The molecule has 1 N–H and O–H groups in total. The molecule has 0 radical (unpaired) electrons.